The van der Waals surface area contributed by atoms with Crippen molar-refractivity contribution in [3.63, 3.8) is 0 Å². The lowest BCUT2D eigenvalue weighted by atomic mass is 10.1. The van der Waals surface area contributed by atoms with Crippen LogP contribution in [0.3, 0.4) is 0 Å². The number of halogens is 1. The average Bonchev–Trinajstić information content (AvgIpc) is 2.46. The first-order valence-corrected chi connectivity index (χ1v) is 5.90. The van der Waals surface area contributed by atoms with Gasteiger partial charge >= 0.3 is 5.97 Å². The molecule has 0 amide bonds. The van der Waals surface area contributed by atoms with Gasteiger partial charge in [0.05, 0.1) is 5.56 Å². The molecule has 0 unspecified atom stereocenters. The molecule has 0 aromatic heterocycles. The Balaban J connectivity index is 1.99. The van der Waals surface area contributed by atoms with E-state index in [1.54, 1.807) is 42.5 Å². The number of carbonyl (C=O) groups excluding carboxylic acids is 1. The molecule has 98 valence electrons. The number of rotatable bonds is 4. The summed E-state index contributed by atoms with van der Waals surface area (Å²) in [6.07, 6.45) is 0. The van der Waals surface area contributed by atoms with Crippen LogP contribution in [0.15, 0.2) is 48.5 Å². The van der Waals surface area contributed by atoms with Crippen LogP contribution in [0.5, 0.6) is 0 Å². The molecule has 0 aliphatic rings. The number of carbonyl (C=O) groups is 1. The van der Waals surface area contributed by atoms with Crippen molar-refractivity contribution in [2.45, 2.75) is 13.2 Å². The molecule has 0 spiro atoms. The molecule has 0 saturated carbocycles. The van der Waals surface area contributed by atoms with Crippen molar-refractivity contribution in [2.75, 3.05) is 0 Å². The summed E-state index contributed by atoms with van der Waals surface area (Å²) >= 11 is 0. The summed E-state index contributed by atoms with van der Waals surface area (Å²) in [5.74, 6) is -0.861. The molecule has 0 aliphatic carbocycles. The van der Waals surface area contributed by atoms with Gasteiger partial charge in [0, 0.05) is 12.1 Å². The van der Waals surface area contributed by atoms with Gasteiger partial charge in [-0.2, -0.15) is 0 Å². The fourth-order valence-corrected chi connectivity index (χ4v) is 1.62. The van der Waals surface area contributed by atoms with E-state index >= 15 is 0 Å². The fourth-order valence-electron chi connectivity index (χ4n) is 1.62. The molecule has 0 atom stereocenters. The molecule has 0 bridgehead atoms. The summed E-state index contributed by atoms with van der Waals surface area (Å²) in [4.78, 5) is 11.8. The average molecular weight is 259 g/mol. The Hall–Kier alpha value is -2.20. The van der Waals surface area contributed by atoms with Gasteiger partial charge in [-0.3, -0.25) is 0 Å². The van der Waals surface area contributed by atoms with Gasteiger partial charge in [0.1, 0.15) is 12.4 Å². The maximum Gasteiger partial charge on any atom is 0.338 e. The second-order valence-corrected chi connectivity index (χ2v) is 4.07. The van der Waals surface area contributed by atoms with Gasteiger partial charge in [-0.1, -0.05) is 30.3 Å². The van der Waals surface area contributed by atoms with E-state index in [0.29, 0.717) is 17.7 Å². The van der Waals surface area contributed by atoms with Crippen molar-refractivity contribution in [1.82, 2.24) is 0 Å². The van der Waals surface area contributed by atoms with Gasteiger partial charge in [-0.15, -0.1) is 0 Å². The quantitative estimate of drug-likeness (QED) is 0.859. The Morgan fingerprint density at radius 3 is 2.42 bits per heavy atom. The van der Waals surface area contributed by atoms with Crippen molar-refractivity contribution in [2.24, 2.45) is 5.73 Å². The molecule has 2 N–H and O–H groups in total. The van der Waals surface area contributed by atoms with Crippen molar-refractivity contribution in [3.8, 4) is 0 Å². The Morgan fingerprint density at radius 1 is 1.11 bits per heavy atom. The number of benzene rings is 2. The lowest BCUT2D eigenvalue weighted by molar-refractivity contribution is 0.0469. The van der Waals surface area contributed by atoms with Gasteiger partial charge in [-0.05, 0) is 23.8 Å². The maximum atomic E-state index is 13.3. The van der Waals surface area contributed by atoms with Crippen LogP contribution in [0, 0.1) is 5.82 Å². The van der Waals surface area contributed by atoms with Gasteiger partial charge < -0.3 is 10.5 Å². The van der Waals surface area contributed by atoms with Crippen molar-refractivity contribution in [1.29, 1.82) is 0 Å². The predicted octanol–water partition coefficient (Wildman–Crippen LogP) is 2.64. The van der Waals surface area contributed by atoms with E-state index in [9.17, 15) is 9.18 Å². The summed E-state index contributed by atoms with van der Waals surface area (Å²) in [6, 6.07) is 13.0. The van der Waals surface area contributed by atoms with Crippen LogP contribution in [0.25, 0.3) is 0 Å². The second kappa shape index (κ2) is 6.11. The Labute approximate surface area is 110 Å². The first kappa shape index (κ1) is 13.2. The molecule has 19 heavy (non-hydrogen) atoms. The van der Waals surface area contributed by atoms with Crippen molar-refractivity contribution >= 4 is 5.97 Å². The number of ether oxygens (including phenoxy) is 1. The van der Waals surface area contributed by atoms with Crippen LogP contribution < -0.4 is 5.73 Å². The zero-order valence-corrected chi connectivity index (χ0v) is 10.3. The Morgan fingerprint density at radius 2 is 1.79 bits per heavy atom. The SMILES string of the molecule is NCc1ccc(C(=O)OCc2ccccc2F)cc1. The molecular weight excluding hydrogens is 245 g/mol. The van der Waals surface area contributed by atoms with E-state index in [2.05, 4.69) is 0 Å². The third kappa shape index (κ3) is 3.39. The van der Waals surface area contributed by atoms with Gasteiger partial charge in [0.2, 0.25) is 0 Å². The van der Waals surface area contributed by atoms with E-state index in [0.717, 1.165) is 5.56 Å². The lowest BCUT2D eigenvalue weighted by Gasteiger charge is -2.06. The summed E-state index contributed by atoms with van der Waals surface area (Å²) in [5, 5.41) is 0. The van der Waals surface area contributed by atoms with E-state index in [1.165, 1.54) is 6.07 Å². The highest BCUT2D eigenvalue weighted by Crippen LogP contribution is 2.10. The van der Waals surface area contributed by atoms with Crippen LogP contribution in [0.1, 0.15) is 21.5 Å². The van der Waals surface area contributed by atoms with E-state index in [4.69, 9.17) is 10.5 Å². The van der Waals surface area contributed by atoms with Gasteiger partial charge in [0.15, 0.2) is 0 Å². The summed E-state index contributed by atoms with van der Waals surface area (Å²) in [7, 11) is 0. The zero-order valence-electron chi connectivity index (χ0n) is 10.3. The van der Waals surface area contributed by atoms with E-state index in [1.807, 2.05) is 0 Å². The van der Waals surface area contributed by atoms with E-state index in [-0.39, 0.29) is 12.4 Å². The molecule has 0 heterocycles. The summed E-state index contributed by atoms with van der Waals surface area (Å²) in [6.45, 7) is 0.342. The minimum absolute atomic E-state index is 0.0792. The molecule has 2 aromatic rings. The second-order valence-electron chi connectivity index (χ2n) is 4.07. The molecule has 4 heteroatoms. The molecule has 2 aromatic carbocycles. The highest BCUT2D eigenvalue weighted by atomic mass is 19.1. The van der Waals surface area contributed by atoms with Crippen LogP contribution >= 0.6 is 0 Å². The molecule has 0 saturated heterocycles. The third-order valence-electron chi connectivity index (χ3n) is 2.74. The number of nitrogens with two attached hydrogens (primary N) is 1. The minimum atomic E-state index is -0.480. The maximum absolute atomic E-state index is 13.3. The molecule has 2 rings (SSSR count). The Kier molecular flexibility index (Phi) is 4.26. The monoisotopic (exact) mass is 259 g/mol. The van der Waals surface area contributed by atoms with Crippen LogP contribution in [-0.4, -0.2) is 5.97 Å². The molecule has 3 nitrogen and oxygen atoms in total. The molecular formula is C15H14FNO2. The topological polar surface area (TPSA) is 52.3 Å². The Bertz CT molecular complexity index is 567. The highest BCUT2D eigenvalue weighted by molar-refractivity contribution is 5.89. The number of hydrogen-bond acceptors (Lipinski definition) is 3. The zero-order chi connectivity index (χ0) is 13.7. The first-order valence-electron chi connectivity index (χ1n) is 5.90. The van der Waals surface area contributed by atoms with Crippen molar-refractivity contribution in [3.05, 3.63) is 71.0 Å². The summed E-state index contributed by atoms with van der Waals surface area (Å²) in [5.41, 5.74) is 7.19. The van der Waals surface area contributed by atoms with Gasteiger partial charge in [-0.25, -0.2) is 9.18 Å². The lowest BCUT2D eigenvalue weighted by Crippen LogP contribution is -2.06. The van der Waals surface area contributed by atoms with Crippen molar-refractivity contribution < 1.29 is 13.9 Å². The van der Waals surface area contributed by atoms with Crippen LogP contribution in [-0.2, 0) is 17.9 Å². The molecule has 0 radical (unpaired) electrons. The standard InChI is InChI=1S/C15H14FNO2/c16-14-4-2-1-3-13(14)10-19-15(18)12-7-5-11(9-17)6-8-12/h1-8H,9-10,17H2. The normalized spacial score (nSPS) is 10.2. The highest BCUT2D eigenvalue weighted by Gasteiger charge is 2.08. The summed E-state index contributed by atoms with van der Waals surface area (Å²) < 4.78 is 18.4. The third-order valence-corrected chi connectivity index (χ3v) is 2.74. The smallest absolute Gasteiger partial charge is 0.338 e. The first-order chi connectivity index (χ1) is 9.20. The number of esters is 1. The molecule has 0 aliphatic heterocycles. The van der Waals surface area contributed by atoms with E-state index < -0.39 is 5.97 Å². The predicted molar refractivity (Wildman–Crippen MR) is 69.9 cm³/mol. The minimum Gasteiger partial charge on any atom is -0.457 e. The fraction of sp³-hybridized carbons (Fsp3) is 0.133. The van der Waals surface area contributed by atoms with Gasteiger partial charge in [0.25, 0.3) is 0 Å². The number of hydrogen-bond donors (Lipinski definition) is 1. The van der Waals surface area contributed by atoms with Crippen LogP contribution in [0.4, 0.5) is 4.39 Å². The largest absolute Gasteiger partial charge is 0.457 e. The molecule has 0 fully saturated rings. The van der Waals surface area contributed by atoms with Crippen LogP contribution in [0.2, 0.25) is 0 Å².